The predicted molar refractivity (Wildman–Crippen MR) is 79.2 cm³/mol. The van der Waals surface area contributed by atoms with Crippen LogP contribution in [0.3, 0.4) is 0 Å². The van der Waals surface area contributed by atoms with E-state index in [2.05, 4.69) is 4.98 Å². The van der Waals surface area contributed by atoms with Gasteiger partial charge in [0, 0.05) is 25.1 Å². The third kappa shape index (κ3) is 2.98. The maximum Gasteiger partial charge on any atom is 0.434 e. The van der Waals surface area contributed by atoms with Gasteiger partial charge in [0.05, 0.1) is 0 Å². The van der Waals surface area contributed by atoms with E-state index in [-0.39, 0.29) is 11.5 Å². The highest BCUT2D eigenvalue weighted by atomic mass is 19.4. The quantitative estimate of drug-likeness (QED) is 0.608. The first-order valence-corrected chi connectivity index (χ1v) is 7.43. The second kappa shape index (κ2) is 5.89. The summed E-state index contributed by atoms with van der Waals surface area (Å²) in [6.45, 7) is 2.58. The van der Waals surface area contributed by atoms with E-state index in [1.165, 1.54) is 0 Å². The number of hydrogen-bond donors (Lipinski definition) is 0. The van der Waals surface area contributed by atoms with Crippen LogP contribution in [0, 0.1) is 5.95 Å². The third-order valence-corrected chi connectivity index (χ3v) is 4.02. The third-order valence-electron chi connectivity index (χ3n) is 4.02. The standard InChI is InChI=1S/C17H14F4N2O/c1-2-15(24)23-8-11-4-3-10(7-12(11)9-23)13-5-6-14(18)22-16(13)17(19,20)21/h3-7H,2,8-9H2,1H3. The number of carbonyl (C=O) groups excluding carboxylic acids is 1. The summed E-state index contributed by atoms with van der Waals surface area (Å²) in [6, 6.07) is 6.85. The van der Waals surface area contributed by atoms with Crippen LogP contribution in [0.15, 0.2) is 30.3 Å². The Morgan fingerprint density at radius 3 is 2.54 bits per heavy atom. The molecule has 0 spiro atoms. The van der Waals surface area contributed by atoms with E-state index in [0.717, 1.165) is 23.3 Å². The molecule has 3 nitrogen and oxygen atoms in total. The second-order valence-electron chi connectivity index (χ2n) is 5.61. The minimum atomic E-state index is -4.75. The molecule has 0 atom stereocenters. The average Bonchev–Trinajstić information content (AvgIpc) is 2.96. The molecule has 1 aromatic heterocycles. The number of halogens is 4. The van der Waals surface area contributed by atoms with E-state index in [0.29, 0.717) is 25.1 Å². The summed E-state index contributed by atoms with van der Waals surface area (Å²) in [6.07, 6.45) is -4.37. The lowest BCUT2D eigenvalue weighted by Gasteiger charge is -2.13. The zero-order valence-electron chi connectivity index (χ0n) is 12.8. The summed E-state index contributed by atoms with van der Waals surface area (Å²) in [5.74, 6) is -1.18. The van der Waals surface area contributed by atoms with Crippen molar-refractivity contribution in [3.8, 4) is 11.1 Å². The molecule has 3 rings (SSSR count). The normalized spacial score (nSPS) is 14.0. The Hall–Kier alpha value is -2.44. The van der Waals surface area contributed by atoms with Crippen LogP contribution >= 0.6 is 0 Å². The number of carbonyl (C=O) groups is 1. The number of benzene rings is 1. The SMILES string of the molecule is CCC(=O)N1Cc2ccc(-c3ccc(F)nc3C(F)(F)F)cc2C1. The van der Waals surface area contributed by atoms with Crippen LogP contribution in [0.2, 0.25) is 0 Å². The lowest BCUT2D eigenvalue weighted by Crippen LogP contribution is -2.23. The predicted octanol–water partition coefficient (Wildman–Crippen LogP) is 4.16. The van der Waals surface area contributed by atoms with Gasteiger partial charge in [0.1, 0.15) is 0 Å². The smallest absolute Gasteiger partial charge is 0.334 e. The van der Waals surface area contributed by atoms with Crippen molar-refractivity contribution in [2.75, 3.05) is 0 Å². The highest BCUT2D eigenvalue weighted by molar-refractivity contribution is 5.77. The van der Waals surface area contributed by atoms with E-state index < -0.39 is 17.8 Å². The molecule has 0 saturated heterocycles. The number of hydrogen-bond acceptors (Lipinski definition) is 2. The van der Waals surface area contributed by atoms with Gasteiger partial charge in [0.15, 0.2) is 5.69 Å². The van der Waals surface area contributed by atoms with Gasteiger partial charge in [-0.1, -0.05) is 19.1 Å². The summed E-state index contributed by atoms with van der Waals surface area (Å²) in [5, 5.41) is 0. The molecular formula is C17H14F4N2O. The van der Waals surface area contributed by atoms with Crippen LogP contribution in [0.25, 0.3) is 11.1 Å². The van der Waals surface area contributed by atoms with Gasteiger partial charge in [-0.25, -0.2) is 4.98 Å². The van der Waals surface area contributed by atoms with Crippen LogP contribution in [0.1, 0.15) is 30.2 Å². The van der Waals surface area contributed by atoms with Gasteiger partial charge in [-0.3, -0.25) is 4.79 Å². The molecule has 126 valence electrons. The van der Waals surface area contributed by atoms with Crippen molar-refractivity contribution in [3.05, 3.63) is 53.1 Å². The van der Waals surface area contributed by atoms with Crippen molar-refractivity contribution < 1.29 is 22.4 Å². The van der Waals surface area contributed by atoms with E-state index in [9.17, 15) is 22.4 Å². The molecule has 1 amide bonds. The van der Waals surface area contributed by atoms with Crippen LogP contribution in [-0.4, -0.2) is 15.8 Å². The number of pyridine rings is 1. The minimum Gasteiger partial charge on any atom is -0.334 e. The monoisotopic (exact) mass is 338 g/mol. The lowest BCUT2D eigenvalue weighted by molar-refractivity contribution is -0.141. The first-order chi connectivity index (χ1) is 11.3. The fraction of sp³-hybridized carbons (Fsp3) is 0.294. The number of rotatable bonds is 2. The van der Waals surface area contributed by atoms with Crippen LogP contribution in [0.5, 0.6) is 0 Å². The van der Waals surface area contributed by atoms with E-state index in [1.807, 2.05) is 0 Å². The van der Waals surface area contributed by atoms with Crippen molar-refractivity contribution >= 4 is 5.91 Å². The topological polar surface area (TPSA) is 33.2 Å². The summed E-state index contributed by atoms with van der Waals surface area (Å²) >= 11 is 0. The van der Waals surface area contributed by atoms with E-state index in [4.69, 9.17) is 0 Å². The van der Waals surface area contributed by atoms with Gasteiger partial charge in [-0.15, -0.1) is 0 Å². The highest BCUT2D eigenvalue weighted by Gasteiger charge is 2.36. The number of aromatic nitrogens is 1. The molecule has 1 aliphatic heterocycles. The Morgan fingerprint density at radius 1 is 1.17 bits per heavy atom. The van der Waals surface area contributed by atoms with Gasteiger partial charge < -0.3 is 4.90 Å². The molecule has 1 aliphatic rings. The molecule has 1 aromatic carbocycles. The Morgan fingerprint density at radius 2 is 1.88 bits per heavy atom. The summed E-state index contributed by atoms with van der Waals surface area (Å²) in [5.41, 5.74) is 0.587. The van der Waals surface area contributed by atoms with Crippen LogP contribution in [0.4, 0.5) is 17.6 Å². The van der Waals surface area contributed by atoms with Gasteiger partial charge in [-0.2, -0.15) is 17.6 Å². The molecule has 0 N–H and O–H groups in total. The molecule has 2 aromatic rings. The van der Waals surface area contributed by atoms with Gasteiger partial charge in [0.25, 0.3) is 0 Å². The highest BCUT2D eigenvalue weighted by Crippen LogP contribution is 2.37. The Labute approximate surface area is 135 Å². The van der Waals surface area contributed by atoms with Gasteiger partial charge >= 0.3 is 6.18 Å². The van der Waals surface area contributed by atoms with E-state index >= 15 is 0 Å². The molecule has 0 radical (unpaired) electrons. The van der Waals surface area contributed by atoms with Crippen molar-refractivity contribution in [3.63, 3.8) is 0 Å². The zero-order chi connectivity index (χ0) is 17.5. The maximum atomic E-state index is 13.1. The fourth-order valence-corrected chi connectivity index (χ4v) is 2.85. The Balaban J connectivity index is 2.01. The molecule has 2 heterocycles. The first-order valence-electron chi connectivity index (χ1n) is 7.43. The largest absolute Gasteiger partial charge is 0.434 e. The number of nitrogens with zero attached hydrogens (tertiary/aromatic N) is 2. The summed E-state index contributed by atoms with van der Waals surface area (Å²) in [7, 11) is 0. The lowest BCUT2D eigenvalue weighted by atomic mass is 9.99. The average molecular weight is 338 g/mol. The zero-order valence-corrected chi connectivity index (χ0v) is 12.8. The molecule has 0 unspecified atom stereocenters. The Bertz CT molecular complexity index is 802. The molecular weight excluding hydrogens is 324 g/mol. The van der Waals surface area contributed by atoms with Crippen molar-refractivity contribution in [1.29, 1.82) is 0 Å². The number of alkyl halides is 3. The minimum absolute atomic E-state index is 0.00724. The molecule has 24 heavy (non-hydrogen) atoms. The van der Waals surface area contributed by atoms with Crippen molar-refractivity contribution in [2.45, 2.75) is 32.6 Å². The van der Waals surface area contributed by atoms with Gasteiger partial charge in [0.2, 0.25) is 11.9 Å². The van der Waals surface area contributed by atoms with Crippen molar-refractivity contribution in [2.24, 2.45) is 0 Å². The number of amides is 1. The fourth-order valence-electron chi connectivity index (χ4n) is 2.85. The molecule has 0 bridgehead atoms. The van der Waals surface area contributed by atoms with Crippen LogP contribution < -0.4 is 0 Å². The molecule has 0 aliphatic carbocycles. The summed E-state index contributed by atoms with van der Waals surface area (Å²) in [4.78, 5) is 16.5. The molecule has 7 heteroatoms. The van der Waals surface area contributed by atoms with Crippen molar-refractivity contribution in [1.82, 2.24) is 9.88 Å². The maximum absolute atomic E-state index is 13.1. The van der Waals surface area contributed by atoms with E-state index in [1.54, 1.807) is 30.0 Å². The summed E-state index contributed by atoms with van der Waals surface area (Å²) < 4.78 is 52.5. The first kappa shape index (κ1) is 16.4. The second-order valence-corrected chi connectivity index (χ2v) is 5.61. The van der Waals surface area contributed by atoms with Gasteiger partial charge in [-0.05, 0) is 34.9 Å². The molecule has 0 fully saturated rings. The molecule has 0 saturated carbocycles. The number of fused-ring (bicyclic) bond motifs is 1. The Kier molecular flexibility index (Phi) is 4.03. The van der Waals surface area contributed by atoms with Crippen LogP contribution in [-0.2, 0) is 24.1 Å².